The number of fused-ring (bicyclic) bond motifs is 1. The van der Waals surface area contributed by atoms with Gasteiger partial charge in [0.05, 0.1) is 0 Å². The Kier molecular flexibility index (Phi) is 4.14. The maximum Gasteiger partial charge on any atom is 0.115 e. The van der Waals surface area contributed by atoms with E-state index in [0.29, 0.717) is 11.8 Å². The van der Waals surface area contributed by atoms with Crippen LogP contribution in [0, 0.1) is 0 Å². The van der Waals surface area contributed by atoms with E-state index in [1.54, 1.807) is 12.1 Å². The van der Waals surface area contributed by atoms with E-state index in [0.717, 1.165) is 12.8 Å². The molecule has 0 radical (unpaired) electrons. The summed E-state index contributed by atoms with van der Waals surface area (Å²) in [6, 6.07) is 14.8. The van der Waals surface area contributed by atoms with Crippen molar-refractivity contribution in [1.82, 2.24) is 0 Å². The first-order valence-electron chi connectivity index (χ1n) is 7.87. The van der Waals surface area contributed by atoms with Crippen molar-refractivity contribution in [2.75, 3.05) is 5.32 Å². The smallest absolute Gasteiger partial charge is 0.115 e. The Morgan fingerprint density at radius 2 is 1.81 bits per heavy atom. The Morgan fingerprint density at radius 3 is 2.62 bits per heavy atom. The average Bonchev–Trinajstić information content (AvgIpc) is 2.94. The van der Waals surface area contributed by atoms with Gasteiger partial charge in [0.15, 0.2) is 0 Å². The number of aryl methyl sites for hydroxylation is 3. The number of hydrogen-bond acceptors (Lipinski definition) is 2. The molecule has 21 heavy (non-hydrogen) atoms. The highest BCUT2D eigenvalue weighted by Gasteiger charge is 2.11. The van der Waals surface area contributed by atoms with E-state index in [1.165, 1.54) is 41.6 Å². The fraction of sp³-hybridized carbons (Fsp3) is 0.368. The van der Waals surface area contributed by atoms with E-state index in [2.05, 4.69) is 30.4 Å². The van der Waals surface area contributed by atoms with Gasteiger partial charge < -0.3 is 10.4 Å². The minimum absolute atomic E-state index is 0.336. The number of nitrogens with one attached hydrogen (secondary N) is 1. The van der Waals surface area contributed by atoms with Gasteiger partial charge in [0.1, 0.15) is 5.75 Å². The van der Waals surface area contributed by atoms with Crippen LogP contribution >= 0.6 is 0 Å². The Labute approximate surface area is 126 Å². The second kappa shape index (κ2) is 6.21. The maximum absolute atomic E-state index is 9.29. The highest BCUT2D eigenvalue weighted by Crippen LogP contribution is 2.25. The summed E-state index contributed by atoms with van der Waals surface area (Å²) in [5, 5.41) is 12.9. The van der Waals surface area contributed by atoms with Crippen LogP contribution in [0.3, 0.4) is 0 Å². The van der Waals surface area contributed by atoms with E-state index in [-0.39, 0.29) is 0 Å². The molecule has 1 aliphatic rings. The van der Waals surface area contributed by atoms with Gasteiger partial charge in [0.2, 0.25) is 0 Å². The summed E-state index contributed by atoms with van der Waals surface area (Å²) in [4.78, 5) is 0. The Bertz CT molecular complexity index is 603. The Morgan fingerprint density at radius 1 is 1.05 bits per heavy atom. The summed E-state index contributed by atoms with van der Waals surface area (Å²) < 4.78 is 0. The molecule has 2 aromatic carbocycles. The van der Waals surface area contributed by atoms with Gasteiger partial charge in [-0.15, -0.1) is 0 Å². The number of anilines is 1. The van der Waals surface area contributed by atoms with Crippen molar-refractivity contribution in [3.8, 4) is 5.75 Å². The van der Waals surface area contributed by atoms with Crippen LogP contribution in [-0.2, 0) is 19.3 Å². The molecule has 0 aliphatic heterocycles. The Balaban J connectivity index is 1.54. The predicted molar refractivity (Wildman–Crippen MR) is 88.0 cm³/mol. The van der Waals surface area contributed by atoms with Crippen LogP contribution in [0.1, 0.15) is 36.5 Å². The molecule has 0 heterocycles. The normalized spacial score (nSPS) is 14.7. The zero-order valence-electron chi connectivity index (χ0n) is 12.6. The van der Waals surface area contributed by atoms with Gasteiger partial charge >= 0.3 is 0 Å². The fourth-order valence-electron chi connectivity index (χ4n) is 3.06. The molecular weight excluding hydrogens is 258 g/mol. The third-order valence-electron chi connectivity index (χ3n) is 4.31. The van der Waals surface area contributed by atoms with Crippen LogP contribution in [0.2, 0.25) is 0 Å². The standard InChI is InChI=1S/C19H23NO/c1-14(5-6-15-7-11-19(21)12-8-15)20-18-10-9-16-3-2-4-17(16)13-18/h7-14,20-21H,2-6H2,1H3/t14-/m1/s1. The van der Waals surface area contributed by atoms with Crippen LogP contribution < -0.4 is 5.32 Å². The third kappa shape index (κ3) is 3.57. The molecule has 0 aromatic heterocycles. The summed E-state index contributed by atoms with van der Waals surface area (Å²) in [7, 11) is 0. The summed E-state index contributed by atoms with van der Waals surface area (Å²) >= 11 is 0. The quantitative estimate of drug-likeness (QED) is 0.855. The lowest BCUT2D eigenvalue weighted by molar-refractivity contribution is 0.475. The molecule has 0 spiro atoms. The molecule has 2 heteroatoms. The molecule has 110 valence electrons. The van der Waals surface area contributed by atoms with Crippen molar-refractivity contribution >= 4 is 5.69 Å². The van der Waals surface area contributed by atoms with Gasteiger partial charge in [-0.3, -0.25) is 0 Å². The van der Waals surface area contributed by atoms with Gasteiger partial charge in [-0.1, -0.05) is 18.2 Å². The van der Waals surface area contributed by atoms with Crippen LogP contribution in [-0.4, -0.2) is 11.1 Å². The van der Waals surface area contributed by atoms with Crippen molar-refractivity contribution in [2.24, 2.45) is 0 Å². The number of aromatic hydroxyl groups is 1. The summed E-state index contributed by atoms with van der Waals surface area (Å²) in [5.41, 5.74) is 5.56. The zero-order valence-corrected chi connectivity index (χ0v) is 12.6. The van der Waals surface area contributed by atoms with Gasteiger partial charge in [-0.05, 0) is 80.0 Å². The second-order valence-corrected chi connectivity index (χ2v) is 6.09. The van der Waals surface area contributed by atoms with Crippen LogP contribution in [0.15, 0.2) is 42.5 Å². The highest BCUT2D eigenvalue weighted by molar-refractivity contribution is 5.50. The molecule has 2 nitrogen and oxygen atoms in total. The van der Waals surface area contributed by atoms with Crippen molar-refractivity contribution < 1.29 is 5.11 Å². The highest BCUT2D eigenvalue weighted by atomic mass is 16.3. The topological polar surface area (TPSA) is 32.3 Å². The van der Waals surface area contributed by atoms with Crippen molar-refractivity contribution in [1.29, 1.82) is 0 Å². The zero-order chi connectivity index (χ0) is 14.7. The van der Waals surface area contributed by atoms with Crippen LogP contribution in [0.5, 0.6) is 5.75 Å². The summed E-state index contributed by atoms with van der Waals surface area (Å²) in [6.45, 7) is 2.23. The second-order valence-electron chi connectivity index (χ2n) is 6.09. The van der Waals surface area contributed by atoms with E-state index in [9.17, 15) is 5.11 Å². The molecule has 0 unspecified atom stereocenters. The van der Waals surface area contributed by atoms with Crippen molar-refractivity contribution in [3.63, 3.8) is 0 Å². The summed E-state index contributed by atoms with van der Waals surface area (Å²) in [5.74, 6) is 0.336. The molecule has 2 N–H and O–H groups in total. The van der Waals surface area contributed by atoms with Crippen LogP contribution in [0.25, 0.3) is 0 Å². The minimum atomic E-state index is 0.336. The summed E-state index contributed by atoms with van der Waals surface area (Å²) in [6.07, 6.45) is 5.88. The maximum atomic E-state index is 9.29. The average molecular weight is 281 g/mol. The monoisotopic (exact) mass is 281 g/mol. The lowest BCUT2D eigenvalue weighted by Crippen LogP contribution is -2.16. The van der Waals surface area contributed by atoms with E-state index < -0.39 is 0 Å². The molecule has 0 saturated heterocycles. The largest absolute Gasteiger partial charge is 0.508 e. The Hall–Kier alpha value is -1.96. The molecular formula is C19H23NO. The third-order valence-corrected chi connectivity index (χ3v) is 4.31. The molecule has 0 saturated carbocycles. The first-order chi connectivity index (χ1) is 10.2. The van der Waals surface area contributed by atoms with Gasteiger partial charge in [0.25, 0.3) is 0 Å². The molecule has 3 rings (SSSR count). The lowest BCUT2D eigenvalue weighted by atomic mass is 10.0. The first kappa shape index (κ1) is 14.0. The molecule has 2 aromatic rings. The van der Waals surface area contributed by atoms with E-state index in [1.807, 2.05) is 12.1 Å². The predicted octanol–water partition coefficient (Wildman–Crippen LogP) is 4.31. The number of benzene rings is 2. The molecule has 0 fully saturated rings. The number of phenols is 1. The lowest BCUT2D eigenvalue weighted by Gasteiger charge is -2.16. The number of hydrogen-bond donors (Lipinski definition) is 2. The SMILES string of the molecule is C[C@H](CCc1ccc(O)cc1)Nc1ccc2c(c1)CCC2. The molecule has 1 atom stereocenters. The van der Waals surface area contributed by atoms with Crippen molar-refractivity contribution in [2.45, 2.75) is 45.1 Å². The van der Waals surface area contributed by atoms with E-state index in [4.69, 9.17) is 0 Å². The van der Waals surface area contributed by atoms with Gasteiger partial charge in [0, 0.05) is 11.7 Å². The first-order valence-corrected chi connectivity index (χ1v) is 7.87. The molecule has 1 aliphatic carbocycles. The molecule has 0 bridgehead atoms. The number of rotatable bonds is 5. The number of phenolic OH excluding ortho intramolecular Hbond substituents is 1. The molecule has 0 amide bonds. The fourth-order valence-corrected chi connectivity index (χ4v) is 3.06. The van der Waals surface area contributed by atoms with Crippen molar-refractivity contribution in [3.05, 3.63) is 59.2 Å². The van der Waals surface area contributed by atoms with E-state index >= 15 is 0 Å². The van der Waals surface area contributed by atoms with Crippen LogP contribution in [0.4, 0.5) is 5.69 Å². The van der Waals surface area contributed by atoms with Gasteiger partial charge in [-0.2, -0.15) is 0 Å². The van der Waals surface area contributed by atoms with Gasteiger partial charge in [-0.25, -0.2) is 0 Å². The minimum Gasteiger partial charge on any atom is -0.508 e.